The molecule has 0 aliphatic rings. The van der Waals surface area contributed by atoms with Crippen molar-refractivity contribution in [1.29, 1.82) is 0 Å². The van der Waals surface area contributed by atoms with Gasteiger partial charge in [-0.3, -0.25) is 9.59 Å². The number of aromatic nitrogens is 1. The molecule has 0 saturated carbocycles. The summed E-state index contributed by atoms with van der Waals surface area (Å²) in [5, 5.41) is 12.4. The van der Waals surface area contributed by atoms with Gasteiger partial charge in [-0.15, -0.1) is 0 Å². The van der Waals surface area contributed by atoms with E-state index in [0.29, 0.717) is 12.1 Å². The summed E-state index contributed by atoms with van der Waals surface area (Å²) in [5.74, 6) is -1.07. The zero-order valence-electron chi connectivity index (χ0n) is 11.6. The van der Waals surface area contributed by atoms with E-state index in [1.165, 1.54) is 0 Å². The van der Waals surface area contributed by atoms with E-state index in [4.69, 9.17) is 5.11 Å². The van der Waals surface area contributed by atoms with E-state index in [2.05, 4.69) is 10.3 Å². The molecule has 0 bridgehead atoms. The van der Waals surface area contributed by atoms with Gasteiger partial charge in [0, 0.05) is 23.4 Å². The molecule has 2 aromatic rings. The average Bonchev–Trinajstić information content (AvgIpc) is 2.79. The number of hydrogen-bond acceptors (Lipinski definition) is 2. The Morgan fingerprint density at radius 2 is 2.10 bits per heavy atom. The van der Waals surface area contributed by atoms with Gasteiger partial charge in [0.25, 0.3) is 5.91 Å². The van der Waals surface area contributed by atoms with Crippen LogP contribution in [-0.4, -0.2) is 28.0 Å². The number of aryl methyl sites for hydroxylation is 1. The second-order valence-corrected chi connectivity index (χ2v) is 5.08. The summed E-state index contributed by atoms with van der Waals surface area (Å²) in [5.41, 5.74) is 2.54. The Bertz CT molecular complexity index is 646. The molecule has 0 radical (unpaired) electrons. The number of benzene rings is 1. The molecule has 0 spiro atoms. The van der Waals surface area contributed by atoms with Gasteiger partial charge in [-0.1, -0.05) is 12.1 Å². The van der Waals surface area contributed by atoms with Crippen LogP contribution in [0.25, 0.3) is 10.9 Å². The molecule has 0 fully saturated rings. The predicted octanol–water partition coefficient (Wildman–Crippen LogP) is 2.46. The normalized spacial score (nSPS) is 12.3. The zero-order valence-corrected chi connectivity index (χ0v) is 11.6. The first-order valence-corrected chi connectivity index (χ1v) is 6.58. The van der Waals surface area contributed by atoms with E-state index >= 15 is 0 Å². The minimum atomic E-state index is -0.854. The lowest BCUT2D eigenvalue weighted by Gasteiger charge is -2.11. The Labute approximate surface area is 117 Å². The molecule has 1 aromatic carbocycles. The first kappa shape index (κ1) is 14.1. The summed E-state index contributed by atoms with van der Waals surface area (Å²) in [6, 6.07) is 7.57. The molecule has 1 heterocycles. The number of fused-ring (bicyclic) bond motifs is 1. The average molecular weight is 274 g/mol. The molecular weight excluding hydrogens is 256 g/mol. The van der Waals surface area contributed by atoms with Gasteiger partial charge in [0.2, 0.25) is 0 Å². The van der Waals surface area contributed by atoms with Crippen LogP contribution < -0.4 is 5.32 Å². The monoisotopic (exact) mass is 274 g/mol. The largest absolute Gasteiger partial charge is 0.481 e. The van der Waals surface area contributed by atoms with Gasteiger partial charge in [0.05, 0.1) is 0 Å². The van der Waals surface area contributed by atoms with Gasteiger partial charge >= 0.3 is 5.97 Å². The van der Waals surface area contributed by atoms with Crippen molar-refractivity contribution >= 4 is 22.8 Å². The minimum Gasteiger partial charge on any atom is -0.481 e. The molecule has 1 unspecified atom stereocenters. The van der Waals surface area contributed by atoms with Crippen molar-refractivity contribution in [2.45, 2.75) is 32.7 Å². The Morgan fingerprint density at radius 3 is 2.80 bits per heavy atom. The summed E-state index contributed by atoms with van der Waals surface area (Å²) < 4.78 is 0. The molecular formula is C15H18N2O3. The highest BCUT2D eigenvalue weighted by Crippen LogP contribution is 2.17. The number of nitrogens with one attached hydrogen (secondary N) is 2. The Morgan fingerprint density at radius 1 is 1.35 bits per heavy atom. The Hall–Kier alpha value is -2.30. The van der Waals surface area contributed by atoms with Crippen LogP contribution in [0.3, 0.4) is 0 Å². The quantitative estimate of drug-likeness (QED) is 0.783. The van der Waals surface area contributed by atoms with Crippen LogP contribution in [0.15, 0.2) is 24.3 Å². The Balaban J connectivity index is 2.05. The van der Waals surface area contributed by atoms with Crippen molar-refractivity contribution in [2.75, 3.05) is 0 Å². The summed E-state index contributed by atoms with van der Waals surface area (Å²) >= 11 is 0. The van der Waals surface area contributed by atoms with Crippen molar-refractivity contribution in [2.24, 2.45) is 0 Å². The van der Waals surface area contributed by atoms with Crippen molar-refractivity contribution < 1.29 is 14.7 Å². The third-order valence-electron chi connectivity index (χ3n) is 3.19. The third kappa shape index (κ3) is 3.38. The highest BCUT2D eigenvalue weighted by Gasteiger charge is 2.13. The number of carboxylic acids is 1. The maximum Gasteiger partial charge on any atom is 0.303 e. The molecule has 3 N–H and O–H groups in total. The lowest BCUT2D eigenvalue weighted by Crippen LogP contribution is -2.33. The fourth-order valence-corrected chi connectivity index (χ4v) is 2.08. The van der Waals surface area contributed by atoms with Crippen molar-refractivity contribution in [3.8, 4) is 0 Å². The number of aromatic amines is 1. The van der Waals surface area contributed by atoms with Gasteiger partial charge in [0.1, 0.15) is 5.69 Å². The second-order valence-electron chi connectivity index (χ2n) is 5.08. The third-order valence-corrected chi connectivity index (χ3v) is 3.19. The van der Waals surface area contributed by atoms with Crippen LogP contribution >= 0.6 is 0 Å². The number of amides is 1. The topological polar surface area (TPSA) is 82.2 Å². The SMILES string of the molecule is Cc1ccc2cc(C(=O)NC(C)CCC(=O)O)[nH]c2c1. The van der Waals surface area contributed by atoms with Crippen LogP contribution in [0.1, 0.15) is 35.8 Å². The maximum atomic E-state index is 12.1. The number of H-pyrrole nitrogens is 1. The van der Waals surface area contributed by atoms with Gasteiger partial charge in [-0.2, -0.15) is 0 Å². The molecule has 5 nitrogen and oxygen atoms in total. The maximum absolute atomic E-state index is 12.1. The molecule has 5 heteroatoms. The fraction of sp³-hybridized carbons (Fsp3) is 0.333. The van der Waals surface area contributed by atoms with Gasteiger partial charge in [-0.05, 0) is 38.0 Å². The smallest absolute Gasteiger partial charge is 0.303 e. The molecule has 0 aliphatic heterocycles. The first-order valence-electron chi connectivity index (χ1n) is 6.58. The molecule has 2 rings (SSSR count). The Kier molecular flexibility index (Phi) is 4.08. The molecule has 0 aliphatic carbocycles. The summed E-state index contributed by atoms with van der Waals surface area (Å²) in [6.07, 6.45) is 0.466. The van der Waals surface area contributed by atoms with Crippen LogP contribution in [0.2, 0.25) is 0 Å². The number of aliphatic carboxylic acids is 1. The highest BCUT2D eigenvalue weighted by atomic mass is 16.4. The van der Waals surface area contributed by atoms with Gasteiger partial charge in [0.15, 0.2) is 0 Å². The number of carboxylic acid groups (broad SMARTS) is 1. The minimum absolute atomic E-state index is 0.0490. The van der Waals surface area contributed by atoms with E-state index < -0.39 is 5.97 Å². The summed E-state index contributed by atoms with van der Waals surface area (Å²) in [7, 11) is 0. The molecule has 1 atom stereocenters. The van der Waals surface area contributed by atoms with Crippen LogP contribution in [0.5, 0.6) is 0 Å². The van der Waals surface area contributed by atoms with E-state index in [1.54, 1.807) is 13.0 Å². The van der Waals surface area contributed by atoms with Crippen LogP contribution in [-0.2, 0) is 4.79 Å². The molecule has 20 heavy (non-hydrogen) atoms. The summed E-state index contributed by atoms with van der Waals surface area (Å²) in [4.78, 5) is 25.6. The zero-order chi connectivity index (χ0) is 14.7. The van der Waals surface area contributed by atoms with Crippen molar-refractivity contribution in [3.05, 3.63) is 35.5 Å². The van der Waals surface area contributed by atoms with E-state index in [9.17, 15) is 9.59 Å². The number of rotatable bonds is 5. The second kappa shape index (κ2) is 5.77. The van der Waals surface area contributed by atoms with Crippen LogP contribution in [0, 0.1) is 6.92 Å². The number of carbonyl (C=O) groups is 2. The highest BCUT2D eigenvalue weighted by molar-refractivity contribution is 5.98. The van der Waals surface area contributed by atoms with Gasteiger partial charge < -0.3 is 15.4 Å². The van der Waals surface area contributed by atoms with Crippen molar-refractivity contribution in [1.82, 2.24) is 10.3 Å². The molecule has 0 saturated heterocycles. The first-order chi connectivity index (χ1) is 9.45. The molecule has 1 aromatic heterocycles. The van der Waals surface area contributed by atoms with E-state index in [0.717, 1.165) is 16.5 Å². The van der Waals surface area contributed by atoms with E-state index in [1.807, 2.05) is 25.1 Å². The predicted molar refractivity (Wildman–Crippen MR) is 76.8 cm³/mol. The number of carbonyl (C=O) groups excluding carboxylic acids is 1. The van der Waals surface area contributed by atoms with Crippen molar-refractivity contribution in [3.63, 3.8) is 0 Å². The molecule has 1 amide bonds. The molecule has 106 valence electrons. The van der Waals surface area contributed by atoms with Crippen LogP contribution in [0.4, 0.5) is 0 Å². The standard InChI is InChI=1S/C15H18N2O3/c1-9-3-5-11-8-13(17-12(11)7-9)15(20)16-10(2)4-6-14(18)19/h3,5,7-8,10,17H,4,6H2,1-2H3,(H,16,20)(H,18,19). The lowest BCUT2D eigenvalue weighted by molar-refractivity contribution is -0.137. The lowest BCUT2D eigenvalue weighted by atomic mass is 10.1. The fourth-order valence-electron chi connectivity index (χ4n) is 2.08. The number of hydrogen-bond donors (Lipinski definition) is 3. The van der Waals surface area contributed by atoms with Gasteiger partial charge in [-0.25, -0.2) is 0 Å². The summed E-state index contributed by atoms with van der Waals surface area (Å²) in [6.45, 7) is 3.79. The van der Waals surface area contributed by atoms with E-state index in [-0.39, 0.29) is 18.4 Å².